The van der Waals surface area contributed by atoms with Crippen molar-refractivity contribution in [2.75, 3.05) is 11.8 Å². The fourth-order valence-corrected chi connectivity index (χ4v) is 2.85. The van der Waals surface area contributed by atoms with Gasteiger partial charge in [-0.05, 0) is 36.8 Å². The molecule has 0 saturated heterocycles. The van der Waals surface area contributed by atoms with Gasteiger partial charge in [-0.3, -0.25) is 14.5 Å². The van der Waals surface area contributed by atoms with E-state index >= 15 is 0 Å². The van der Waals surface area contributed by atoms with Crippen LogP contribution in [0.2, 0.25) is 0 Å². The Labute approximate surface area is 123 Å². The third-order valence-electron chi connectivity index (χ3n) is 2.90. The van der Waals surface area contributed by atoms with E-state index in [0.29, 0.717) is 16.8 Å². The van der Waals surface area contributed by atoms with Crippen LogP contribution in [0, 0.1) is 6.92 Å². The lowest BCUT2D eigenvalue weighted by Gasteiger charge is -2.10. The first-order valence-corrected chi connectivity index (χ1v) is 7.68. The van der Waals surface area contributed by atoms with E-state index < -0.39 is 10.0 Å². The lowest BCUT2D eigenvalue weighted by atomic mass is 10.1. The maximum atomic E-state index is 12.3. The van der Waals surface area contributed by atoms with Crippen molar-refractivity contribution in [3.63, 3.8) is 0 Å². The summed E-state index contributed by atoms with van der Waals surface area (Å²) in [5.74, 6) is -0.328. The summed E-state index contributed by atoms with van der Waals surface area (Å²) in [7, 11) is -2.27. The zero-order valence-electron chi connectivity index (χ0n) is 11.6. The summed E-state index contributed by atoms with van der Waals surface area (Å²) < 4.78 is 27.0. The molecule has 1 amide bonds. The first-order valence-electron chi connectivity index (χ1n) is 6.19. The minimum Gasteiger partial charge on any atom is -0.355 e. The van der Waals surface area contributed by atoms with Crippen molar-refractivity contribution in [2.45, 2.75) is 11.8 Å². The normalized spacial score (nSPS) is 11.0. The maximum absolute atomic E-state index is 12.3. The van der Waals surface area contributed by atoms with Crippen LogP contribution < -0.4 is 10.0 Å². The lowest BCUT2D eigenvalue weighted by molar-refractivity contribution is 0.0962. The highest BCUT2D eigenvalue weighted by Crippen LogP contribution is 2.18. The summed E-state index contributed by atoms with van der Waals surface area (Å²) in [4.78, 5) is 15.6. The molecule has 7 heteroatoms. The third-order valence-corrected chi connectivity index (χ3v) is 4.28. The molecule has 2 N–H and O–H groups in total. The molecule has 0 unspecified atom stereocenters. The Morgan fingerprint density at radius 1 is 1.24 bits per heavy atom. The van der Waals surface area contributed by atoms with Gasteiger partial charge in [-0.2, -0.15) is 0 Å². The van der Waals surface area contributed by atoms with Gasteiger partial charge >= 0.3 is 0 Å². The summed E-state index contributed by atoms with van der Waals surface area (Å²) in [6.07, 6.45) is 2.96. The highest BCUT2D eigenvalue weighted by atomic mass is 32.2. The predicted molar refractivity (Wildman–Crippen MR) is 79.6 cm³/mol. The van der Waals surface area contributed by atoms with Crippen LogP contribution in [-0.2, 0) is 10.0 Å². The molecule has 0 bridgehead atoms. The van der Waals surface area contributed by atoms with Crippen molar-refractivity contribution in [1.29, 1.82) is 0 Å². The number of amides is 1. The first-order chi connectivity index (χ1) is 9.94. The van der Waals surface area contributed by atoms with Crippen molar-refractivity contribution in [3.8, 4) is 0 Å². The SMILES string of the molecule is CNC(=O)c1cc(S(=O)(=O)Nc2cccnc2)ccc1C. The fraction of sp³-hybridized carbons (Fsp3) is 0.143. The zero-order valence-corrected chi connectivity index (χ0v) is 12.4. The van der Waals surface area contributed by atoms with E-state index in [1.807, 2.05) is 0 Å². The van der Waals surface area contributed by atoms with Crippen molar-refractivity contribution < 1.29 is 13.2 Å². The average molecular weight is 305 g/mol. The van der Waals surface area contributed by atoms with Gasteiger partial charge < -0.3 is 5.32 Å². The minimum atomic E-state index is -3.76. The van der Waals surface area contributed by atoms with Gasteiger partial charge in [0.2, 0.25) is 0 Å². The molecule has 0 aliphatic carbocycles. The molecule has 2 aromatic rings. The summed E-state index contributed by atoms with van der Waals surface area (Å²) >= 11 is 0. The van der Waals surface area contributed by atoms with Crippen molar-refractivity contribution >= 4 is 21.6 Å². The van der Waals surface area contributed by atoms with E-state index in [1.165, 1.54) is 25.4 Å². The fourth-order valence-electron chi connectivity index (χ4n) is 1.78. The van der Waals surface area contributed by atoms with Gasteiger partial charge in [0, 0.05) is 18.8 Å². The van der Waals surface area contributed by atoms with Crippen LogP contribution >= 0.6 is 0 Å². The molecule has 1 heterocycles. The van der Waals surface area contributed by atoms with Crippen LogP contribution in [0.15, 0.2) is 47.6 Å². The molecule has 110 valence electrons. The molecule has 0 atom stereocenters. The summed E-state index contributed by atoms with van der Waals surface area (Å²) in [6, 6.07) is 7.64. The van der Waals surface area contributed by atoms with E-state index in [1.54, 1.807) is 31.3 Å². The zero-order chi connectivity index (χ0) is 15.5. The van der Waals surface area contributed by atoms with Gasteiger partial charge in [0.15, 0.2) is 0 Å². The van der Waals surface area contributed by atoms with E-state index in [9.17, 15) is 13.2 Å². The van der Waals surface area contributed by atoms with E-state index in [0.717, 1.165) is 0 Å². The summed E-state index contributed by atoms with van der Waals surface area (Å²) in [6.45, 7) is 1.75. The number of hydrogen-bond donors (Lipinski definition) is 2. The number of rotatable bonds is 4. The lowest BCUT2D eigenvalue weighted by Crippen LogP contribution is -2.20. The number of aromatic nitrogens is 1. The molecule has 0 aliphatic rings. The Morgan fingerprint density at radius 3 is 2.62 bits per heavy atom. The second kappa shape index (κ2) is 5.92. The van der Waals surface area contributed by atoms with Crippen LogP contribution in [0.1, 0.15) is 15.9 Å². The average Bonchev–Trinajstić information content (AvgIpc) is 2.47. The second-order valence-corrected chi connectivity index (χ2v) is 6.09. The number of aryl methyl sites for hydroxylation is 1. The highest BCUT2D eigenvalue weighted by molar-refractivity contribution is 7.92. The first kappa shape index (κ1) is 15.0. The molecule has 21 heavy (non-hydrogen) atoms. The molecule has 0 fully saturated rings. The van der Waals surface area contributed by atoms with Gasteiger partial charge in [-0.1, -0.05) is 6.07 Å². The molecular weight excluding hydrogens is 290 g/mol. The number of nitrogens with one attached hydrogen (secondary N) is 2. The third kappa shape index (κ3) is 3.38. The maximum Gasteiger partial charge on any atom is 0.261 e. The van der Waals surface area contributed by atoms with Gasteiger partial charge in [0.1, 0.15) is 0 Å². The number of nitrogens with zero attached hydrogens (tertiary/aromatic N) is 1. The molecule has 2 rings (SSSR count). The van der Waals surface area contributed by atoms with Gasteiger partial charge in [-0.25, -0.2) is 8.42 Å². The highest BCUT2D eigenvalue weighted by Gasteiger charge is 2.17. The monoisotopic (exact) mass is 305 g/mol. The van der Waals surface area contributed by atoms with Crippen molar-refractivity contribution in [2.24, 2.45) is 0 Å². The number of carbonyl (C=O) groups excluding carboxylic acids is 1. The predicted octanol–water partition coefficient (Wildman–Crippen LogP) is 1.55. The second-order valence-electron chi connectivity index (χ2n) is 4.40. The van der Waals surface area contributed by atoms with Gasteiger partial charge in [0.05, 0.1) is 16.8 Å². The number of anilines is 1. The Balaban J connectivity index is 2.39. The van der Waals surface area contributed by atoms with Crippen LogP contribution in [0.3, 0.4) is 0 Å². The number of pyridine rings is 1. The van der Waals surface area contributed by atoms with Crippen LogP contribution in [-0.4, -0.2) is 26.4 Å². The molecule has 1 aromatic carbocycles. The molecule has 6 nitrogen and oxygen atoms in total. The quantitative estimate of drug-likeness (QED) is 0.897. The topological polar surface area (TPSA) is 88.2 Å². The van der Waals surface area contributed by atoms with Gasteiger partial charge in [-0.15, -0.1) is 0 Å². The van der Waals surface area contributed by atoms with E-state index in [2.05, 4.69) is 15.0 Å². The summed E-state index contributed by atoms with van der Waals surface area (Å²) in [5.41, 5.74) is 1.39. The smallest absolute Gasteiger partial charge is 0.261 e. The summed E-state index contributed by atoms with van der Waals surface area (Å²) in [5, 5.41) is 2.49. The number of carbonyl (C=O) groups is 1. The molecule has 0 saturated carbocycles. The van der Waals surface area contributed by atoms with Crippen LogP contribution in [0.4, 0.5) is 5.69 Å². The number of hydrogen-bond acceptors (Lipinski definition) is 4. The molecule has 1 aromatic heterocycles. The van der Waals surface area contributed by atoms with Crippen LogP contribution in [0.5, 0.6) is 0 Å². The largest absolute Gasteiger partial charge is 0.355 e. The van der Waals surface area contributed by atoms with Crippen molar-refractivity contribution in [3.05, 3.63) is 53.9 Å². The molecular formula is C14H15N3O3S. The Morgan fingerprint density at radius 2 is 2.00 bits per heavy atom. The number of sulfonamides is 1. The number of benzene rings is 1. The molecule has 0 spiro atoms. The molecule has 0 aliphatic heterocycles. The minimum absolute atomic E-state index is 0.0237. The Bertz CT molecular complexity index is 758. The molecule has 0 radical (unpaired) electrons. The van der Waals surface area contributed by atoms with Crippen molar-refractivity contribution in [1.82, 2.24) is 10.3 Å². The standard InChI is InChI=1S/C14H15N3O3S/c1-10-5-6-12(8-13(10)14(18)15-2)21(19,20)17-11-4-3-7-16-9-11/h3-9,17H,1-2H3,(H,15,18). The van der Waals surface area contributed by atoms with Gasteiger partial charge in [0.25, 0.3) is 15.9 Å². The Kier molecular flexibility index (Phi) is 4.23. The van der Waals surface area contributed by atoms with E-state index in [-0.39, 0.29) is 10.8 Å². The van der Waals surface area contributed by atoms with Crippen LogP contribution in [0.25, 0.3) is 0 Å². The Hall–Kier alpha value is -2.41. The van der Waals surface area contributed by atoms with E-state index in [4.69, 9.17) is 0 Å².